The number of benzene rings is 1. The Labute approximate surface area is 109 Å². The molecule has 1 heterocycles. The molecule has 1 fully saturated rings. The van der Waals surface area contributed by atoms with Gasteiger partial charge in [-0.05, 0) is 23.0 Å². The van der Waals surface area contributed by atoms with Crippen LogP contribution in [0.3, 0.4) is 0 Å². The van der Waals surface area contributed by atoms with Crippen LogP contribution in [0, 0.1) is 0 Å². The highest BCUT2D eigenvalue weighted by atomic mass is 32.2. The van der Waals surface area contributed by atoms with Crippen LogP contribution in [0.2, 0.25) is 0 Å². The molecular weight excluding hydrogens is 252 g/mol. The first-order valence-electron chi connectivity index (χ1n) is 5.37. The number of ether oxygens (including phenoxy) is 1. The van der Waals surface area contributed by atoms with Crippen LogP contribution in [0.5, 0.6) is 0 Å². The van der Waals surface area contributed by atoms with E-state index in [2.05, 4.69) is 10.0 Å². The van der Waals surface area contributed by atoms with Gasteiger partial charge in [-0.15, -0.1) is 0 Å². The van der Waals surface area contributed by atoms with E-state index in [1.165, 1.54) is 11.9 Å². The number of amides is 1. The highest BCUT2D eigenvalue weighted by Gasteiger charge is 2.42. The third-order valence-corrected chi connectivity index (χ3v) is 3.47. The van der Waals surface area contributed by atoms with Crippen LogP contribution in [0.25, 0.3) is 10.4 Å². The Bertz CT molecular complexity index is 475. The van der Waals surface area contributed by atoms with Gasteiger partial charge in [0.25, 0.3) is 0 Å². The largest absolute Gasteiger partial charge is 0.443 e. The van der Waals surface area contributed by atoms with E-state index in [1.54, 1.807) is 4.31 Å². The van der Waals surface area contributed by atoms with Gasteiger partial charge in [0, 0.05) is 11.2 Å². The lowest BCUT2D eigenvalue weighted by atomic mass is 10.0. The van der Waals surface area contributed by atoms with Crippen molar-refractivity contribution in [1.29, 1.82) is 0 Å². The number of cyclic esters (lactones) is 1. The molecule has 94 valence electrons. The lowest BCUT2D eigenvalue weighted by molar-refractivity contribution is 0.135. The van der Waals surface area contributed by atoms with Gasteiger partial charge in [-0.1, -0.05) is 35.4 Å². The molecule has 0 aliphatic carbocycles. The first kappa shape index (κ1) is 12.6. The number of nitrogens with zero attached hydrogens (tertiary/aromatic N) is 4. The second-order valence-corrected chi connectivity index (χ2v) is 4.46. The summed E-state index contributed by atoms with van der Waals surface area (Å²) >= 11 is 1.30. The molecule has 1 aromatic carbocycles. The van der Waals surface area contributed by atoms with E-state index >= 15 is 0 Å². The van der Waals surface area contributed by atoms with Gasteiger partial charge >= 0.3 is 6.09 Å². The zero-order valence-electron chi connectivity index (χ0n) is 9.76. The van der Waals surface area contributed by atoms with Gasteiger partial charge in [-0.2, -0.15) is 0 Å². The van der Waals surface area contributed by atoms with Gasteiger partial charge in [0.05, 0.1) is 6.54 Å². The average Bonchev–Trinajstić information content (AvgIpc) is 2.73. The zero-order valence-corrected chi connectivity index (χ0v) is 10.6. The van der Waals surface area contributed by atoms with Gasteiger partial charge in [0.2, 0.25) is 0 Å². The van der Waals surface area contributed by atoms with Gasteiger partial charge in [-0.25, -0.2) is 9.10 Å². The van der Waals surface area contributed by atoms with Crippen LogP contribution in [0.1, 0.15) is 11.6 Å². The van der Waals surface area contributed by atoms with E-state index in [4.69, 9.17) is 10.3 Å². The number of carbonyl (C=O) groups excluding carboxylic acids is 1. The Morgan fingerprint density at radius 1 is 1.50 bits per heavy atom. The lowest BCUT2D eigenvalue weighted by Crippen LogP contribution is -2.24. The second-order valence-electron chi connectivity index (χ2n) is 3.70. The molecule has 2 rings (SSSR count). The Kier molecular flexibility index (Phi) is 3.96. The van der Waals surface area contributed by atoms with Crippen molar-refractivity contribution in [3.05, 3.63) is 46.3 Å². The summed E-state index contributed by atoms with van der Waals surface area (Å²) in [6.45, 7) is 0.138. The molecule has 1 saturated heterocycles. The number of rotatable bonds is 4. The van der Waals surface area contributed by atoms with E-state index in [-0.39, 0.29) is 12.6 Å². The van der Waals surface area contributed by atoms with Crippen LogP contribution in [0.15, 0.2) is 35.4 Å². The third kappa shape index (κ3) is 2.37. The summed E-state index contributed by atoms with van der Waals surface area (Å²) in [5.41, 5.74) is 9.34. The van der Waals surface area contributed by atoms with E-state index in [9.17, 15) is 4.79 Å². The molecule has 18 heavy (non-hydrogen) atoms. The van der Waals surface area contributed by atoms with Gasteiger partial charge in [-0.3, -0.25) is 0 Å². The Hall–Kier alpha value is -1.85. The maximum Gasteiger partial charge on any atom is 0.420 e. The molecule has 0 unspecified atom stereocenters. The van der Waals surface area contributed by atoms with Gasteiger partial charge < -0.3 is 4.74 Å². The normalized spacial score (nSPS) is 22.5. The van der Waals surface area contributed by atoms with Crippen molar-refractivity contribution in [2.24, 2.45) is 5.11 Å². The van der Waals surface area contributed by atoms with Crippen molar-refractivity contribution >= 4 is 18.0 Å². The minimum atomic E-state index is -0.441. The smallest absolute Gasteiger partial charge is 0.420 e. The van der Waals surface area contributed by atoms with Crippen LogP contribution < -0.4 is 0 Å². The van der Waals surface area contributed by atoms with Gasteiger partial charge in [0.1, 0.15) is 12.1 Å². The Morgan fingerprint density at radius 3 is 2.83 bits per heavy atom. The monoisotopic (exact) mass is 264 g/mol. The van der Waals surface area contributed by atoms with Crippen molar-refractivity contribution < 1.29 is 9.53 Å². The molecule has 0 spiro atoms. The van der Waals surface area contributed by atoms with Crippen LogP contribution in [-0.4, -0.2) is 29.3 Å². The summed E-state index contributed by atoms with van der Waals surface area (Å²) < 4.78 is 6.80. The molecule has 0 bridgehead atoms. The number of hydrogen-bond acceptors (Lipinski definition) is 4. The fourth-order valence-electron chi connectivity index (χ4n) is 1.95. The Balaban J connectivity index is 2.30. The SMILES string of the molecule is CSN1C(=O)O[C@@H](CN=[N+]=[N-])[C@@H]1c1ccccc1. The lowest BCUT2D eigenvalue weighted by Gasteiger charge is -2.21. The average molecular weight is 264 g/mol. The summed E-state index contributed by atoms with van der Waals surface area (Å²) in [6.07, 6.45) is 0.977. The number of carbonyl (C=O) groups is 1. The minimum absolute atomic E-state index is 0.138. The number of hydrogen-bond donors (Lipinski definition) is 0. The zero-order chi connectivity index (χ0) is 13.0. The van der Waals surface area contributed by atoms with Crippen LogP contribution in [-0.2, 0) is 4.74 Å². The summed E-state index contributed by atoms with van der Waals surface area (Å²) in [4.78, 5) is 14.4. The topological polar surface area (TPSA) is 78.3 Å². The molecule has 1 aromatic rings. The van der Waals surface area contributed by atoms with E-state index in [0.29, 0.717) is 0 Å². The second kappa shape index (κ2) is 5.66. The first-order chi connectivity index (χ1) is 8.77. The summed E-state index contributed by atoms with van der Waals surface area (Å²) in [5.74, 6) is 0. The molecule has 7 heteroatoms. The van der Waals surface area contributed by atoms with Crippen molar-refractivity contribution in [2.75, 3.05) is 12.8 Å². The predicted molar refractivity (Wildman–Crippen MR) is 68.8 cm³/mol. The quantitative estimate of drug-likeness (QED) is 0.362. The van der Waals surface area contributed by atoms with Crippen LogP contribution in [0.4, 0.5) is 4.79 Å². The molecule has 2 atom stereocenters. The van der Waals surface area contributed by atoms with Crippen molar-refractivity contribution in [3.63, 3.8) is 0 Å². The fraction of sp³-hybridized carbons (Fsp3) is 0.364. The Morgan fingerprint density at radius 2 is 2.22 bits per heavy atom. The molecule has 0 saturated carbocycles. The molecule has 1 amide bonds. The molecule has 0 aromatic heterocycles. The predicted octanol–water partition coefficient (Wildman–Crippen LogP) is 3.14. The van der Waals surface area contributed by atoms with Crippen molar-refractivity contribution in [2.45, 2.75) is 12.1 Å². The van der Waals surface area contributed by atoms with E-state index in [0.717, 1.165) is 5.56 Å². The maximum atomic E-state index is 11.7. The molecule has 1 aliphatic heterocycles. The van der Waals surface area contributed by atoms with E-state index < -0.39 is 12.2 Å². The summed E-state index contributed by atoms with van der Waals surface area (Å²) in [6, 6.07) is 9.35. The van der Waals surface area contributed by atoms with Crippen LogP contribution >= 0.6 is 11.9 Å². The highest BCUT2D eigenvalue weighted by Crippen LogP contribution is 2.37. The molecule has 6 nitrogen and oxygen atoms in total. The summed E-state index contributed by atoms with van der Waals surface area (Å²) in [5, 5.41) is 3.50. The number of azide groups is 1. The standard InChI is InChI=1S/C11H12N4O2S/c1-18-15-10(8-5-3-2-4-6-8)9(7-13-14-12)17-11(15)16/h2-6,9-10H,7H2,1H3/t9-,10-/m0/s1. The first-order valence-corrected chi connectivity index (χ1v) is 6.56. The van der Waals surface area contributed by atoms with Crippen molar-refractivity contribution in [1.82, 2.24) is 4.31 Å². The molecule has 0 radical (unpaired) electrons. The highest BCUT2D eigenvalue weighted by molar-refractivity contribution is 7.96. The third-order valence-electron chi connectivity index (χ3n) is 2.70. The molecule has 0 N–H and O–H groups in total. The molecule has 1 aliphatic rings. The van der Waals surface area contributed by atoms with E-state index in [1.807, 2.05) is 36.6 Å². The summed E-state index contributed by atoms with van der Waals surface area (Å²) in [7, 11) is 0. The maximum absolute atomic E-state index is 11.7. The van der Waals surface area contributed by atoms with Gasteiger partial charge in [0.15, 0.2) is 0 Å². The fourth-order valence-corrected chi connectivity index (χ4v) is 2.63. The molecular formula is C11H12N4O2S. The minimum Gasteiger partial charge on any atom is -0.443 e. The van der Waals surface area contributed by atoms with Crippen molar-refractivity contribution in [3.8, 4) is 0 Å².